The fraction of sp³-hybridized carbons (Fsp3) is 0.636. The number of nitrogens with zero attached hydrogens (tertiary/aromatic N) is 1. The van der Waals surface area contributed by atoms with Crippen LogP contribution >= 0.6 is 0 Å². The molecule has 1 aromatic rings. The maximum absolute atomic E-state index is 13.0. The Morgan fingerprint density at radius 3 is 2.93 bits per heavy atom. The molecule has 5 aliphatic rings. The summed E-state index contributed by atoms with van der Waals surface area (Å²) in [7, 11) is 0. The maximum Gasteiger partial charge on any atom is 0.217 e. The van der Waals surface area contributed by atoms with Crippen molar-refractivity contribution in [2.45, 2.75) is 68.5 Å². The number of amides is 1. The second kappa shape index (κ2) is 5.29. The monoisotopic (exact) mass is 382 g/mol. The highest BCUT2D eigenvalue weighted by Crippen LogP contribution is 2.64. The fourth-order valence-electron chi connectivity index (χ4n) is 6.88. The maximum atomic E-state index is 13.0. The van der Waals surface area contributed by atoms with Gasteiger partial charge in [-0.2, -0.15) is 0 Å². The number of likely N-dealkylation sites (tertiary alicyclic amines) is 1. The van der Waals surface area contributed by atoms with Gasteiger partial charge >= 0.3 is 0 Å². The van der Waals surface area contributed by atoms with Crippen LogP contribution in [0.1, 0.15) is 50.2 Å². The molecule has 4 atom stereocenters. The Labute approximate surface area is 164 Å². The number of ketones is 1. The quantitative estimate of drug-likeness (QED) is 0.831. The third kappa shape index (κ3) is 1.87. The summed E-state index contributed by atoms with van der Waals surface area (Å²) in [6, 6.07) is 3.85. The van der Waals surface area contributed by atoms with Crippen molar-refractivity contribution in [3.63, 3.8) is 0 Å². The third-order valence-corrected chi connectivity index (χ3v) is 8.01. The zero-order valence-corrected chi connectivity index (χ0v) is 16.2. The zero-order valence-electron chi connectivity index (χ0n) is 16.2. The molecule has 2 heterocycles. The zero-order chi connectivity index (χ0) is 19.3. The largest absolute Gasteiger partial charge is 0.504 e. The lowest BCUT2D eigenvalue weighted by atomic mass is 9.47. The molecule has 2 N–H and O–H groups in total. The standard InChI is InChI=1S/C22H26N2O4/c1-12(25)23-22-7-6-16(27)20-21(22)8-9-24(11-13-2-3-13)17(22)10-14-4-5-15(26)19(28-20)18(14)21/h4-5,13,17,20,26H,2-3,6-11H2,1H3,(H,23,25)/t17-,20-,21+,22-/m1/s1. The molecule has 0 radical (unpaired) electrons. The lowest BCUT2D eigenvalue weighted by Crippen LogP contribution is -2.81. The molecular weight excluding hydrogens is 356 g/mol. The van der Waals surface area contributed by atoms with Crippen molar-refractivity contribution in [1.82, 2.24) is 10.2 Å². The van der Waals surface area contributed by atoms with Crippen LogP contribution in [0.3, 0.4) is 0 Å². The number of phenolic OH excluding ortho intramolecular Hbond substituents is 1. The number of hydrogen-bond donors (Lipinski definition) is 2. The molecule has 1 aromatic carbocycles. The van der Waals surface area contributed by atoms with Crippen LogP contribution in [0, 0.1) is 5.92 Å². The second-order valence-corrected chi connectivity index (χ2v) is 9.44. The van der Waals surface area contributed by atoms with E-state index >= 15 is 0 Å². The summed E-state index contributed by atoms with van der Waals surface area (Å²) in [5.41, 5.74) is 1.06. The Morgan fingerprint density at radius 1 is 1.36 bits per heavy atom. The molecule has 1 saturated heterocycles. The fourth-order valence-corrected chi connectivity index (χ4v) is 6.88. The summed E-state index contributed by atoms with van der Waals surface area (Å²) in [4.78, 5) is 28.0. The van der Waals surface area contributed by atoms with Gasteiger partial charge in [0.15, 0.2) is 23.4 Å². The number of aromatic hydroxyl groups is 1. The van der Waals surface area contributed by atoms with Crippen LogP contribution in [0.25, 0.3) is 0 Å². The Morgan fingerprint density at radius 2 is 2.18 bits per heavy atom. The second-order valence-electron chi connectivity index (χ2n) is 9.44. The van der Waals surface area contributed by atoms with E-state index in [1.165, 1.54) is 12.8 Å². The highest BCUT2D eigenvalue weighted by molar-refractivity contribution is 5.91. The van der Waals surface area contributed by atoms with Gasteiger partial charge < -0.3 is 15.2 Å². The van der Waals surface area contributed by atoms with Crippen LogP contribution < -0.4 is 10.1 Å². The molecule has 1 amide bonds. The van der Waals surface area contributed by atoms with E-state index in [1.54, 1.807) is 13.0 Å². The van der Waals surface area contributed by atoms with Gasteiger partial charge in [-0.05, 0) is 56.2 Å². The topological polar surface area (TPSA) is 78.9 Å². The highest BCUT2D eigenvalue weighted by Gasteiger charge is 2.73. The van der Waals surface area contributed by atoms with Crippen molar-refractivity contribution in [1.29, 1.82) is 0 Å². The van der Waals surface area contributed by atoms with Crippen LogP contribution in [-0.4, -0.2) is 52.5 Å². The van der Waals surface area contributed by atoms with Gasteiger partial charge in [-0.25, -0.2) is 0 Å². The summed E-state index contributed by atoms with van der Waals surface area (Å²) >= 11 is 0. The highest BCUT2D eigenvalue weighted by atomic mass is 16.5. The van der Waals surface area contributed by atoms with E-state index < -0.39 is 17.1 Å². The molecule has 1 spiro atoms. The predicted molar refractivity (Wildman–Crippen MR) is 101 cm³/mol. The van der Waals surface area contributed by atoms with Crippen molar-refractivity contribution in [2.75, 3.05) is 13.1 Å². The molecule has 148 valence electrons. The molecule has 0 aromatic heterocycles. The van der Waals surface area contributed by atoms with Gasteiger partial charge in [0, 0.05) is 31.5 Å². The average molecular weight is 382 g/mol. The van der Waals surface area contributed by atoms with Gasteiger partial charge in [-0.15, -0.1) is 0 Å². The van der Waals surface area contributed by atoms with Gasteiger partial charge in [0.05, 0.1) is 11.0 Å². The number of rotatable bonds is 3. The molecule has 3 aliphatic carbocycles. The Balaban J connectivity index is 1.60. The molecule has 6 rings (SSSR count). The first-order valence-corrected chi connectivity index (χ1v) is 10.5. The third-order valence-electron chi connectivity index (χ3n) is 8.01. The van der Waals surface area contributed by atoms with Crippen molar-refractivity contribution in [2.24, 2.45) is 5.92 Å². The summed E-state index contributed by atoms with van der Waals surface area (Å²) in [5, 5.41) is 13.9. The minimum atomic E-state index is -0.610. The predicted octanol–water partition coefficient (Wildman–Crippen LogP) is 1.67. The van der Waals surface area contributed by atoms with E-state index in [4.69, 9.17) is 4.74 Å². The summed E-state index contributed by atoms with van der Waals surface area (Å²) < 4.78 is 6.19. The summed E-state index contributed by atoms with van der Waals surface area (Å²) in [6.07, 6.45) is 4.62. The average Bonchev–Trinajstić information content (AvgIpc) is 3.38. The molecule has 6 heteroatoms. The van der Waals surface area contributed by atoms with Gasteiger partial charge in [-0.1, -0.05) is 6.07 Å². The first-order valence-electron chi connectivity index (χ1n) is 10.5. The van der Waals surface area contributed by atoms with E-state index in [2.05, 4.69) is 10.2 Å². The van der Waals surface area contributed by atoms with Gasteiger partial charge in [0.1, 0.15) is 0 Å². The van der Waals surface area contributed by atoms with Crippen molar-refractivity contribution in [3.8, 4) is 11.5 Å². The smallest absolute Gasteiger partial charge is 0.217 e. The number of Topliss-reactive ketones (excluding diaryl/α,β-unsaturated/α-hetero) is 1. The number of piperidine rings is 1. The van der Waals surface area contributed by atoms with Crippen molar-refractivity contribution >= 4 is 11.7 Å². The van der Waals surface area contributed by atoms with E-state index in [0.717, 1.165) is 43.0 Å². The Bertz CT molecular complexity index is 910. The van der Waals surface area contributed by atoms with Crippen LogP contribution in [0.5, 0.6) is 11.5 Å². The molecule has 2 aliphatic heterocycles. The van der Waals surface area contributed by atoms with Crippen LogP contribution in [0.4, 0.5) is 0 Å². The normalized spacial score (nSPS) is 38.0. The Hall–Kier alpha value is -2.08. The van der Waals surface area contributed by atoms with E-state index in [9.17, 15) is 14.7 Å². The van der Waals surface area contributed by atoms with Crippen LogP contribution in [-0.2, 0) is 21.4 Å². The van der Waals surface area contributed by atoms with Gasteiger partial charge in [-0.3, -0.25) is 14.5 Å². The van der Waals surface area contributed by atoms with Crippen LogP contribution in [0.15, 0.2) is 12.1 Å². The lowest BCUT2D eigenvalue weighted by Gasteiger charge is -2.65. The molecule has 28 heavy (non-hydrogen) atoms. The van der Waals surface area contributed by atoms with Gasteiger partial charge in [0.2, 0.25) is 5.91 Å². The number of carbonyl (C=O) groups excluding carboxylic acids is 2. The number of nitrogens with one attached hydrogen (secondary N) is 1. The number of carbonyl (C=O) groups is 2. The SMILES string of the molecule is CC(=O)N[C@@]12CCC(=O)[C@H]3Oc4c(O)ccc5c4[C@@]31CCN(CC1CC1)[C@@H]2C5. The molecule has 2 saturated carbocycles. The number of hydrogen-bond acceptors (Lipinski definition) is 5. The first kappa shape index (κ1) is 16.8. The minimum Gasteiger partial charge on any atom is -0.504 e. The molecule has 6 nitrogen and oxygen atoms in total. The number of phenols is 1. The van der Waals surface area contributed by atoms with E-state index in [-0.39, 0.29) is 23.5 Å². The lowest BCUT2D eigenvalue weighted by molar-refractivity contribution is -0.149. The summed E-state index contributed by atoms with van der Waals surface area (Å²) in [5.74, 6) is 1.38. The molecule has 0 unspecified atom stereocenters. The van der Waals surface area contributed by atoms with Crippen molar-refractivity contribution < 1.29 is 19.4 Å². The van der Waals surface area contributed by atoms with Crippen molar-refractivity contribution in [3.05, 3.63) is 23.3 Å². The Kier molecular flexibility index (Phi) is 3.18. The van der Waals surface area contributed by atoms with Crippen LogP contribution in [0.2, 0.25) is 0 Å². The minimum absolute atomic E-state index is 0.0530. The van der Waals surface area contributed by atoms with E-state index in [1.807, 2.05) is 6.07 Å². The molecular formula is C22H26N2O4. The summed E-state index contributed by atoms with van der Waals surface area (Å²) in [6.45, 7) is 3.55. The van der Waals surface area contributed by atoms with E-state index in [0.29, 0.717) is 18.6 Å². The molecule has 3 fully saturated rings. The first-order chi connectivity index (χ1) is 13.5. The number of ether oxygens (including phenoxy) is 1. The molecule has 2 bridgehead atoms. The number of benzene rings is 1. The van der Waals surface area contributed by atoms with Gasteiger partial charge in [0.25, 0.3) is 0 Å².